The van der Waals surface area contributed by atoms with Crippen LogP contribution in [0.2, 0.25) is 0 Å². The van der Waals surface area contributed by atoms with Crippen LogP contribution in [0, 0.1) is 12.8 Å². The third-order valence-electron chi connectivity index (χ3n) is 4.83. The van der Waals surface area contributed by atoms with Crippen LogP contribution in [0.1, 0.15) is 19.7 Å². The van der Waals surface area contributed by atoms with Gasteiger partial charge < -0.3 is 14.8 Å². The zero-order valence-corrected chi connectivity index (χ0v) is 20.3. The lowest BCUT2D eigenvalue weighted by Gasteiger charge is -2.15. The summed E-state index contributed by atoms with van der Waals surface area (Å²) >= 11 is 1.11. The number of benzene rings is 1. The SMILES string of the molecule is COc1ccc(NC(=O)CSc2nc(C)nc3c2c(=O)n(C)c(=O)n3CC(C)C)c(OC)c1. The van der Waals surface area contributed by atoms with Crippen LogP contribution in [-0.2, 0) is 18.4 Å². The monoisotopic (exact) mass is 473 g/mol. The smallest absolute Gasteiger partial charge is 0.332 e. The highest BCUT2D eigenvalue weighted by atomic mass is 32.2. The number of hydrogen-bond donors (Lipinski definition) is 1. The summed E-state index contributed by atoms with van der Waals surface area (Å²) in [5, 5.41) is 3.38. The fourth-order valence-electron chi connectivity index (χ4n) is 3.30. The Balaban J connectivity index is 1.94. The fourth-order valence-corrected chi connectivity index (χ4v) is 4.16. The molecule has 2 heterocycles. The van der Waals surface area contributed by atoms with Crippen LogP contribution in [0.25, 0.3) is 11.0 Å². The third kappa shape index (κ3) is 5.19. The molecule has 11 heteroatoms. The number of carbonyl (C=O) groups excluding carboxylic acids is 1. The molecular formula is C22H27N5O5S. The number of carbonyl (C=O) groups is 1. The first kappa shape index (κ1) is 24.3. The van der Waals surface area contributed by atoms with Gasteiger partial charge in [-0.05, 0) is 25.0 Å². The summed E-state index contributed by atoms with van der Waals surface area (Å²) in [4.78, 5) is 47.1. The van der Waals surface area contributed by atoms with Gasteiger partial charge in [0.2, 0.25) is 5.91 Å². The van der Waals surface area contributed by atoms with E-state index < -0.39 is 11.2 Å². The largest absolute Gasteiger partial charge is 0.497 e. The first-order valence-electron chi connectivity index (χ1n) is 10.3. The van der Waals surface area contributed by atoms with E-state index in [9.17, 15) is 14.4 Å². The molecule has 10 nitrogen and oxygen atoms in total. The van der Waals surface area contributed by atoms with E-state index in [0.717, 1.165) is 16.3 Å². The molecule has 0 fully saturated rings. The van der Waals surface area contributed by atoms with E-state index in [-0.39, 0.29) is 28.6 Å². The maximum atomic E-state index is 12.9. The number of ether oxygens (including phenoxy) is 2. The number of nitrogens with one attached hydrogen (secondary N) is 1. The molecule has 0 atom stereocenters. The lowest BCUT2D eigenvalue weighted by molar-refractivity contribution is -0.113. The van der Waals surface area contributed by atoms with Crippen molar-refractivity contribution in [1.29, 1.82) is 0 Å². The minimum Gasteiger partial charge on any atom is -0.497 e. The van der Waals surface area contributed by atoms with Crippen molar-refractivity contribution in [3.63, 3.8) is 0 Å². The number of aromatic nitrogens is 4. The molecule has 1 N–H and O–H groups in total. The predicted octanol–water partition coefficient (Wildman–Crippen LogP) is 2.20. The van der Waals surface area contributed by atoms with Gasteiger partial charge in [0.25, 0.3) is 5.56 Å². The van der Waals surface area contributed by atoms with Crippen LogP contribution in [-0.4, -0.2) is 45.0 Å². The number of hydrogen-bond acceptors (Lipinski definition) is 8. The topological polar surface area (TPSA) is 117 Å². The van der Waals surface area contributed by atoms with E-state index >= 15 is 0 Å². The molecule has 0 bridgehead atoms. The normalized spacial score (nSPS) is 11.1. The van der Waals surface area contributed by atoms with Crippen LogP contribution in [0.4, 0.5) is 5.69 Å². The number of rotatable bonds is 8. The van der Waals surface area contributed by atoms with Crippen LogP contribution in [0.3, 0.4) is 0 Å². The van der Waals surface area contributed by atoms with Gasteiger partial charge in [-0.25, -0.2) is 14.8 Å². The number of fused-ring (bicyclic) bond motifs is 1. The maximum absolute atomic E-state index is 12.9. The minimum atomic E-state index is -0.491. The Morgan fingerprint density at radius 2 is 1.91 bits per heavy atom. The molecule has 3 rings (SSSR count). The first-order chi connectivity index (χ1) is 15.7. The second-order valence-corrected chi connectivity index (χ2v) is 8.79. The molecule has 0 saturated heterocycles. The second-order valence-electron chi connectivity index (χ2n) is 7.83. The molecule has 0 spiro atoms. The Morgan fingerprint density at radius 1 is 1.18 bits per heavy atom. The molecule has 0 unspecified atom stereocenters. The number of methoxy groups -OCH3 is 2. The van der Waals surface area contributed by atoms with Gasteiger partial charge in [-0.2, -0.15) is 0 Å². The summed E-state index contributed by atoms with van der Waals surface area (Å²) in [7, 11) is 4.47. The molecule has 176 valence electrons. The average Bonchev–Trinajstić information content (AvgIpc) is 2.78. The summed E-state index contributed by atoms with van der Waals surface area (Å²) in [6.07, 6.45) is 0. The highest BCUT2D eigenvalue weighted by molar-refractivity contribution is 8.00. The van der Waals surface area contributed by atoms with Gasteiger partial charge in [-0.15, -0.1) is 0 Å². The van der Waals surface area contributed by atoms with Crippen molar-refractivity contribution in [3.05, 3.63) is 44.9 Å². The summed E-state index contributed by atoms with van der Waals surface area (Å²) in [5.74, 6) is 1.33. The number of amides is 1. The summed E-state index contributed by atoms with van der Waals surface area (Å²) in [6, 6.07) is 5.07. The van der Waals surface area contributed by atoms with E-state index in [1.165, 1.54) is 18.7 Å². The van der Waals surface area contributed by atoms with Crippen molar-refractivity contribution >= 4 is 34.4 Å². The predicted molar refractivity (Wildman–Crippen MR) is 128 cm³/mol. The third-order valence-corrected chi connectivity index (χ3v) is 5.81. The molecule has 1 amide bonds. The van der Waals surface area contributed by atoms with Crippen LogP contribution in [0.5, 0.6) is 11.5 Å². The Labute approximate surface area is 195 Å². The zero-order valence-electron chi connectivity index (χ0n) is 19.5. The standard InChI is InChI=1S/C22H27N5O5S/c1-12(2)10-27-19-18(21(29)26(4)22(27)30)20(24-13(3)23-19)33-11-17(28)25-15-8-7-14(31-5)9-16(15)32-6/h7-9,12H,10-11H2,1-6H3,(H,25,28). The first-order valence-corrected chi connectivity index (χ1v) is 11.3. The van der Waals surface area contributed by atoms with Crippen molar-refractivity contribution in [3.8, 4) is 11.5 Å². The van der Waals surface area contributed by atoms with Crippen molar-refractivity contribution in [2.75, 3.05) is 25.3 Å². The molecule has 0 aliphatic heterocycles. The number of anilines is 1. The zero-order chi connectivity index (χ0) is 24.3. The molecule has 0 saturated carbocycles. The summed E-state index contributed by atoms with van der Waals surface area (Å²) in [6.45, 7) is 6.05. The van der Waals surface area contributed by atoms with Gasteiger partial charge in [0, 0.05) is 19.7 Å². The number of nitrogens with zero attached hydrogens (tertiary/aromatic N) is 4. The van der Waals surface area contributed by atoms with Crippen molar-refractivity contribution in [2.24, 2.45) is 13.0 Å². The van der Waals surface area contributed by atoms with E-state index in [0.29, 0.717) is 34.6 Å². The van der Waals surface area contributed by atoms with Gasteiger partial charge in [-0.3, -0.25) is 18.7 Å². The maximum Gasteiger partial charge on any atom is 0.332 e. The molecule has 1 aromatic carbocycles. The molecule has 33 heavy (non-hydrogen) atoms. The Kier molecular flexibility index (Phi) is 7.42. The Morgan fingerprint density at radius 3 is 2.55 bits per heavy atom. The second kappa shape index (κ2) is 10.1. The van der Waals surface area contributed by atoms with Gasteiger partial charge in [-0.1, -0.05) is 25.6 Å². The lowest BCUT2D eigenvalue weighted by Crippen LogP contribution is -2.39. The van der Waals surface area contributed by atoms with Crippen molar-refractivity contribution < 1.29 is 14.3 Å². The van der Waals surface area contributed by atoms with Gasteiger partial charge in [0.05, 0.1) is 25.7 Å². The van der Waals surface area contributed by atoms with Crippen LogP contribution >= 0.6 is 11.8 Å². The fraction of sp³-hybridized carbons (Fsp3) is 0.409. The van der Waals surface area contributed by atoms with Gasteiger partial charge in [0.1, 0.15) is 27.7 Å². The molecule has 2 aromatic heterocycles. The van der Waals surface area contributed by atoms with Crippen LogP contribution < -0.4 is 26.0 Å². The van der Waals surface area contributed by atoms with Gasteiger partial charge in [0.15, 0.2) is 5.65 Å². The van der Waals surface area contributed by atoms with E-state index in [1.807, 2.05) is 13.8 Å². The molecule has 3 aromatic rings. The van der Waals surface area contributed by atoms with Crippen molar-refractivity contribution in [2.45, 2.75) is 32.3 Å². The van der Waals surface area contributed by atoms with Gasteiger partial charge >= 0.3 is 5.69 Å². The van der Waals surface area contributed by atoms with Crippen molar-refractivity contribution in [1.82, 2.24) is 19.1 Å². The number of thioether (sulfide) groups is 1. The summed E-state index contributed by atoms with van der Waals surface area (Å²) in [5.41, 5.74) is -0.146. The molecular weight excluding hydrogens is 446 g/mol. The molecule has 0 aliphatic rings. The van der Waals surface area contributed by atoms with E-state index in [4.69, 9.17) is 9.47 Å². The minimum absolute atomic E-state index is 0.00675. The summed E-state index contributed by atoms with van der Waals surface area (Å²) < 4.78 is 13.0. The highest BCUT2D eigenvalue weighted by Crippen LogP contribution is 2.29. The highest BCUT2D eigenvalue weighted by Gasteiger charge is 2.19. The lowest BCUT2D eigenvalue weighted by atomic mass is 10.2. The number of aryl methyl sites for hydroxylation is 1. The quantitative estimate of drug-likeness (QED) is 0.391. The molecule has 0 aliphatic carbocycles. The van der Waals surface area contributed by atoms with E-state index in [1.54, 1.807) is 32.2 Å². The molecule has 0 radical (unpaired) electrons. The van der Waals surface area contributed by atoms with E-state index in [2.05, 4.69) is 15.3 Å². The Bertz CT molecular complexity index is 1320. The Hall–Kier alpha value is -3.34. The average molecular weight is 474 g/mol. The van der Waals surface area contributed by atoms with Crippen LogP contribution in [0.15, 0.2) is 32.8 Å².